The minimum absolute atomic E-state index is 0. The maximum atomic E-state index is 13.1. The first-order chi connectivity index (χ1) is 9.60. The standard InChI is InChI=1S/C14H19FN4O.2ClH/c1-9(8-16-2)14(20)17-6-5-13-18-11-4-3-10(15)7-12(11)19-13;;/h3-4,7,9,16H,5-6,8H2,1-2H3,(H,17,20)(H,18,19);2*1H. The molecule has 1 aromatic heterocycles. The van der Waals surface area contributed by atoms with Crippen LogP contribution in [0.4, 0.5) is 4.39 Å². The molecule has 1 aromatic carbocycles. The fourth-order valence-corrected chi connectivity index (χ4v) is 2.03. The number of hydrogen-bond donors (Lipinski definition) is 3. The van der Waals surface area contributed by atoms with E-state index in [2.05, 4.69) is 20.6 Å². The normalized spacial score (nSPS) is 11.4. The number of imidazole rings is 1. The van der Waals surface area contributed by atoms with Crippen molar-refractivity contribution in [2.75, 3.05) is 20.1 Å². The second-order valence-corrected chi connectivity index (χ2v) is 4.84. The number of amides is 1. The second-order valence-electron chi connectivity index (χ2n) is 4.84. The summed E-state index contributed by atoms with van der Waals surface area (Å²) in [6.07, 6.45) is 0.592. The molecule has 0 aliphatic heterocycles. The van der Waals surface area contributed by atoms with E-state index in [0.29, 0.717) is 25.0 Å². The molecule has 0 radical (unpaired) electrons. The lowest BCUT2D eigenvalue weighted by Crippen LogP contribution is -2.35. The largest absolute Gasteiger partial charge is 0.355 e. The molecule has 0 aliphatic carbocycles. The number of nitrogens with one attached hydrogen (secondary N) is 3. The van der Waals surface area contributed by atoms with Crippen LogP contribution < -0.4 is 10.6 Å². The summed E-state index contributed by atoms with van der Waals surface area (Å²) >= 11 is 0. The summed E-state index contributed by atoms with van der Waals surface area (Å²) in [5, 5.41) is 5.82. The van der Waals surface area contributed by atoms with Crippen LogP contribution in [0, 0.1) is 11.7 Å². The summed E-state index contributed by atoms with van der Waals surface area (Å²) in [5.74, 6) is 0.403. The highest BCUT2D eigenvalue weighted by atomic mass is 35.5. The van der Waals surface area contributed by atoms with Crippen LogP contribution in [-0.2, 0) is 11.2 Å². The van der Waals surface area contributed by atoms with E-state index in [1.54, 1.807) is 6.07 Å². The van der Waals surface area contributed by atoms with Crippen LogP contribution in [0.2, 0.25) is 0 Å². The van der Waals surface area contributed by atoms with Gasteiger partial charge in [0, 0.05) is 25.4 Å². The van der Waals surface area contributed by atoms with Gasteiger partial charge in [-0.3, -0.25) is 4.79 Å². The van der Waals surface area contributed by atoms with Crippen molar-refractivity contribution in [1.82, 2.24) is 20.6 Å². The second kappa shape index (κ2) is 9.61. The maximum absolute atomic E-state index is 13.1. The first kappa shape index (κ1) is 20.6. The number of carbonyl (C=O) groups excluding carboxylic acids is 1. The van der Waals surface area contributed by atoms with Crippen LogP contribution >= 0.6 is 24.8 Å². The lowest BCUT2D eigenvalue weighted by molar-refractivity contribution is -0.124. The van der Waals surface area contributed by atoms with Crippen LogP contribution in [-0.4, -0.2) is 36.0 Å². The average Bonchev–Trinajstić information content (AvgIpc) is 2.80. The van der Waals surface area contributed by atoms with Gasteiger partial charge in [0.15, 0.2) is 0 Å². The Kier molecular flexibility index (Phi) is 9.01. The first-order valence-electron chi connectivity index (χ1n) is 6.66. The number of halogens is 3. The Labute approximate surface area is 141 Å². The molecule has 0 spiro atoms. The number of rotatable bonds is 6. The zero-order valence-corrected chi connectivity index (χ0v) is 14.1. The molecule has 1 heterocycles. The zero-order valence-electron chi connectivity index (χ0n) is 12.5. The smallest absolute Gasteiger partial charge is 0.224 e. The van der Waals surface area contributed by atoms with Crippen molar-refractivity contribution >= 4 is 41.8 Å². The van der Waals surface area contributed by atoms with Gasteiger partial charge >= 0.3 is 0 Å². The number of benzene rings is 1. The van der Waals surface area contributed by atoms with E-state index in [4.69, 9.17) is 0 Å². The fraction of sp³-hybridized carbons (Fsp3) is 0.429. The predicted octanol–water partition coefficient (Wildman–Crippen LogP) is 2.06. The van der Waals surface area contributed by atoms with Crippen molar-refractivity contribution in [2.24, 2.45) is 5.92 Å². The molecule has 0 saturated carbocycles. The summed E-state index contributed by atoms with van der Waals surface area (Å²) in [4.78, 5) is 19.1. The number of nitrogens with zero attached hydrogens (tertiary/aromatic N) is 1. The number of aromatic nitrogens is 2. The van der Waals surface area contributed by atoms with Crippen molar-refractivity contribution in [2.45, 2.75) is 13.3 Å². The van der Waals surface area contributed by atoms with Crippen molar-refractivity contribution < 1.29 is 9.18 Å². The van der Waals surface area contributed by atoms with Crippen LogP contribution in [0.25, 0.3) is 11.0 Å². The molecule has 124 valence electrons. The molecule has 1 atom stereocenters. The Morgan fingerprint density at radius 1 is 1.41 bits per heavy atom. The van der Waals surface area contributed by atoms with Gasteiger partial charge in [0.25, 0.3) is 0 Å². The molecule has 2 aromatic rings. The Morgan fingerprint density at radius 3 is 2.82 bits per heavy atom. The van der Waals surface area contributed by atoms with Gasteiger partial charge in [-0.05, 0) is 25.2 Å². The highest BCUT2D eigenvalue weighted by Crippen LogP contribution is 2.12. The highest BCUT2D eigenvalue weighted by Gasteiger charge is 2.11. The predicted molar refractivity (Wildman–Crippen MR) is 90.4 cm³/mol. The van der Waals surface area contributed by atoms with E-state index >= 15 is 0 Å². The SMILES string of the molecule is CNCC(C)C(=O)NCCc1nc2ccc(F)cc2[nH]1.Cl.Cl. The molecule has 1 unspecified atom stereocenters. The van der Waals surface area contributed by atoms with Crippen LogP contribution in [0.5, 0.6) is 0 Å². The van der Waals surface area contributed by atoms with Crippen molar-refractivity contribution in [3.63, 3.8) is 0 Å². The van der Waals surface area contributed by atoms with E-state index in [9.17, 15) is 9.18 Å². The molecule has 0 fully saturated rings. The Balaban J connectivity index is 0.00000220. The molecule has 3 N–H and O–H groups in total. The average molecular weight is 351 g/mol. The van der Waals surface area contributed by atoms with Gasteiger partial charge in [-0.25, -0.2) is 9.37 Å². The molecule has 1 amide bonds. The van der Waals surface area contributed by atoms with Crippen LogP contribution in [0.15, 0.2) is 18.2 Å². The topological polar surface area (TPSA) is 69.8 Å². The number of aromatic amines is 1. The van der Waals surface area contributed by atoms with Crippen molar-refractivity contribution in [1.29, 1.82) is 0 Å². The third kappa shape index (κ3) is 5.44. The number of fused-ring (bicyclic) bond motifs is 1. The highest BCUT2D eigenvalue weighted by molar-refractivity contribution is 5.85. The Bertz CT molecular complexity index is 606. The van der Waals surface area contributed by atoms with Crippen LogP contribution in [0.3, 0.4) is 0 Å². The number of H-pyrrole nitrogens is 1. The van der Waals surface area contributed by atoms with Crippen molar-refractivity contribution in [3.8, 4) is 0 Å². The monoisotopic (exact) mass is 350 g/mol. The maximum Gasteiger partial charge on any atom is 0.224 e. The summed E-state index contributed by atoms with van der Waals surface area (Å²) < 4.78 is 13.1. The minimum atomic E-state index is -0.290. The molecule has 5 nitrogen and oxygen atoms in total. The molecule has 0 bridgehead atoms. The molecular formula is C14H21Cl2FN4O. The molecule has 0 aliphatic rings. The number of carbonyl (C=O) groups is 1. The van der Waals surface area contributed by atoms with E-state index in [-0.39, 0.29) is 42.5 Å². The van der Waals surface area contributed by atoms with Crippen molar-refractivity contribution in [3.05, 3.63) is 29.8 Å². The summed E-state index contributed by atoms with van der Waals surface area (Å²) in [6, 6.07) is 4.44. The van der Waals surface area contributed by atoms with E-state index in [1.165, 1.54) is 12.1 Å². The third-order valence-electron chi connectivity index (χ3n) is 3.11. The van der Waals surface area contributed by atoms with E-state index < -0.39 is 0 Å². The van der Waals surface area contributed by atoms with Gasteiger partial charge < -0.3 is 15.6 Å². The van der Waals surface area contributed by atoms with Gasteiger partial charge in [0.1, 0.15) is 11.6 Å². The minimum Gasteiger partial charge on any atom is -0.355 e. The van der Waals surface area contributed by atoms with Gasteiger partial charge in [-0.2, -0.15) is 0 Å². The lowest BCUT2D eigenvalue weighted by Gasteiger charge is -2.10. The summed E-state index contributed by atoms with van der Waals surface area (Å²) in [7, 11) is 1.82. The zero-order chi connectivity index (χ0) is 14.5. The molecule has 22 heavy (non-hydrogen) atoms. The Hall–Kier alpha value is -1.37. The number of hydrogen-bond acceptors (Lipinski definition) is 3. The van der Waals surface area contributed by atoms with Gasteiger partial charge in [0.2, 0.25) is 5.91 Å². The first-order valence-corrected chi connectivity index (χ1v) is 6.66. The van der Waals surface area contributed by atoms with Gasteiger partial charge in [-0.1, -0.05) is 6.92 Å². The fourth-order valence-electron chi connectivity index (χ4n) is 2.03. The molecule has 0 saturated heterocycles. The molecule has 8 heteroatoms. The van der Waals surface area contributed by atoms with Gasteiger partial charge in [0.05, 0.1) is 11.0 Å². The van der Waals surface area contributed by atoms with Crippen LogP contribution in [0.1, 0.15) is 12.7 Å². The molecule has 2 rings (SSSR count). The Morgan fingerprint density at radius 2 is 2.14 bits per heavy atom. The summed E-state index contributed by atoms with van der Waals surface area (Å²) in [5.41, 5.74) is 1.41. The van der Waals surface area contributed by atoms with E-state index in [0.717, 1.165) is 11.3 Å². The third-order valence-corrected chi connectivity index (χ3v) is 3.11. The molecular weight excluding hydrogens is 330 g/mol. The summed E-state index contributed by atoms with van der Waals surface area (Å²) in [6.45, 7) is 3.03. The van der Waals surface area contributed by atoms with Gasteiger partial charge in [-0.15, -0.1) is 24.8 Å². The van der Waals surface area contributed by atoms with E-state index in [1.807, 2.05) is 14.0 Å². The quantitative estimate of drug-likeness (QED) is 0.746. The lowest BCUT2D eigenvalue weighted by atomic mass is 10.1.